The van der Waals surface area contributed by atoms with Gasteiger partial charge in [-0.15, -0.1) is 0 Å². The van der Waals surface area contributed by atoms with E-state index in [0.29, 0.717) is 18.2 Å². The molecule has 1 amide bonds. The van der Waals surface area contributed by atoms with Gasteiger partial charge in [0.25, 0.3) is 0 Å². The molecule has 0 radical (unpaired) electrons. The number of rotatable bonds is 7. The summed E-state index contributed by atoms with van der Waals surface area (Å²) in [6.07, 6.45) is 3.07. The van der Waals surface area contributed by atoms with Crippen LogP contribution in [0.25, 0.3) is 0 Å². The van der Waals surface area contributed by atoms with Crippen LogP contribution in [0.1, 0.15) is 72.8 Å². The summed E-state index contributed by atoms with van der Waals surface area (Å²) in [7, 11) is -2.11. The molecule has 1 atom stereocenters. The Labute approximate surface area is 206 Å². The molecule has 1 unspecified atom stereocenters. The van der Waals surface area contributed by atoms with Gasteiger partial charge in [0.1, 0.15) is 0 Å². The van der Waals surface area contributed by atoms with E-state index in [-0.39, 0.29) is 28.1 Å². The van der Waals surface area contributed by atoms with Crippen LogP contribution in [0.2, 0.25) is 23.2 Å². The van der Waals surface area contributed by atoms with E-state index >= 15 is 0 Å². The summed E-state index contributed by atoms with van der Waals surface area (Å²) in [6.45, 7) is 18.2. The summed E-state index contributed by atoms with van der Waals surface area (Å²) < 4.78 is 18.9. The quantitative estimate of drug-likeness (QED) is 0.292. The number of amides is 1. The van der Waals surface area contributed by atoms with Gasteiger partial charge in [0.05, 0.1) is 18.8 Å². The Morgan fingerprint density at radius 1 is 1.12 bits per heavy atom. The first-order chi connectivity index (χ1) is 15.1. The molecule has 1 aromatic rings. The number of halogens is 1. The third-order valence-corrected chi connectivity index (χ3v) is 12.3. The van der Waals surface area contributed by atoms with Crippen molar-refractivity contribution in [2.45, 2.75) is 110 Å². The fourth-order valence-electron chi connectivity index (χ4n) is 4.49. The van der Waals surface area contributed by atoms with Crippen LogP contribution in [0, 0.1) is 5.41 Å². The zero-order valence-electron chi connectivity index (χ0n) is 21.7. The molecule has 0 aromatic heterocycles. The molecular formula is C26H42ClNO4Si. The number of nitrogens with zero attached hydrogens (tertiary/aromatic N) is 1. The van der Waals surface area contributed by atoms with Crippen molar-refractivity contribution in [1.29, 1.82) is 0 Å². The SMILES string of the molecule is CC(C)(C)C(OC(=O)N1C2CCC1(COCc1ccc(Cl)cc1)CC2)O[Si](C)(C)C(C)(C)C. The largest absolute Gasteiger partial charge is 0.420 e. The van der Waals surface area contributed by atoms with Crippen molar-refractivity contribution in [3.05, 3.63) is 34.9 Å². The van der Waals surface area contributed by atoms with Crippen LogP contribution >= 0.6 is 11.6 Å². The lowest BCUT2D eigenvalue weighted by Crippen LogP contribution is -2.53. The van der Waals surface area contributed by atoms with Gasteiger partial charge in [-0.2, -0.15) is 0 Å². The lowest BCUT2D eigenvalue weighted by atomic mass is 9.88. The van der Waals surface area contributed by atoms with Crippen LogP contribution in [-0.4, -0.2) is 43.8 Å². The molecule has 1 aromatic carbocycles. The van der Waals surface area contributed by atoms with E-state index in [1.54, 1.807) is 0 Å². The molecule has 7 heteroatoms. The molecule has 0 spiro atoms. The van der Waals surface area contributed by atoms with Crippen molar-refractivity contribution in [2.24, 2.45) is 5.41 Å². The number of hydrogen-bond donors (Lipinski definition) is 0. The lowest BCUT2D eigenvalue weighted by molar-refractivity contribution is -0.121. The highest BCUT2D eigenvalue weighted by Gasteiger charge is 2.55. The fraction of sp³-hybridized carbons (Fsp3) is 0.731. The van der Waals surface area contributed by atoms with Crippen molar-refractivity contribution in [3.63, 3.8) is 0 Å². The first-order valence-corrected chi connectivity index (χ1v) is 15.4. The second-order valence-corrected chi connectivity index (χ2v) is 17.6. The predicted octanol–water partition coefficient (Wildman–Crippen LogP) is 7.38. The Morgan fingerprint density at radius 3 is 2.21 bits per heavy atom. The smallest absolute Gasteiger partial charge is 0.412 e. The standard InChI is InChI=1S/C26H42ClNO4Si/c1-24(2,3)22(32-33(7,8)25(4,5)6)31-23(29)28-21-13-15-26(28,16-14-21)18-30-17-19-9-11-20(27)12-10-19/h9-12,21-22H,13-18H2,1-8H3. The zero-order chi connectivity index (χ0) is 24.7. The molecule has 33 heavy (non-hydrogen) atoms. The van der Waals surface area contributed by atoms with Gasteiger partial charge >= 0.3 is 6.09 Å². The van der Waals surface area contributed by atoms with Crippen molar-refractivity contribution in [1.82, 2.24) is 4.90 Å². The van der Waals surface area contributed by atoms with Gasteiger partial charge in [-0.05, 0) is 61.5 Å². The highest BCUT2D eigenvalue weighted by atomic mass is 35.5. The van der Waals surface area contributed by atoms with E-state index in [1.807, 2.05) is 29.2 Å². The average molecular weight is 496 g/mol. The van der Waals surface area contributed by atoms with Gasteiger partial charge in [0.2, 0.25) is 6.29 Å². The number of fused-ring (bicyclic) bond motifs is 2. The first-order valence-electron chi connectivity index (χ1n) is 12.1. The Hall–Kier alpha value is -1.08. The number of carbonyl (C=O) groups excluding carboxylic acids is 1. The third-order valence-electron chi connectivity index (χ3n) is 7.63. The minimum Gasteiger partial charge on any atom is -0.420 e. The molecular weight excluding hydrogens is 454 g/mol. The van der Waals surface area contributed by atoms with Gasteiger partial charge in [0, 0.05) is 16.5 Å². The van der Waals surface area contributed by atoms with Gasteiger partial charge in [-0.3, -0.25) is 4.90 Å². The first kappa shape index (κ1) is 26.5. The molecule has 0 N–H and O–H groups in total. The van der Waals surface area contributed by atoms with Crippen molar-refractivity contribution in [2.75, 3.05) is 6.61 Å². The molecule has 3 rings (SSSR count). The maximum Gasteiger partial charge on any atom is 0.412 e. The summed E-state index contributed by atoms with van der Waals surface area (Å²) in [6, 6.07) is 7.93. The third kappa shape index (κ3) is 5.95. The molecule has 2 saturated heterocycles. The summed E-state index contributed by atoms with van der Waals surface area (Å²) >= 11 is 5.99. The molecule has 2 aliphatic rings. The summed E-state index contributed by atoms with van der Waals surface area (Å²) in [4.78, 5) is 15.5. The van der Waals surface area contributed by atoms with Crippen LogP contribution in [0.15, 0.2) is 24.3 Å². The maximum absolute atomic E-state index is 13.5. The van der Waals surface area contributed by atoms with E-state index in [1.165, 1.54) is 0 Å². The van der Waals surface area contributed by atoms with E-state index in [0.717, 1.165) is 31.2 Å². The topological polar surface area (TPSA) is 48.0 Å². The molecule has 0 saturated carbocycles. The van der Waals surface area contributed by atoms with Crippen LogP contribution in [0.4, 0.5) is 4.79 Å². The predicted molar refractivity (Wildman–Crippen MR) is 136 cm³/mol. The van der Waals surface area contributed by atoms with E-state index in [2.05, 4.69) is 54.6 Å². The average Bonchev–Trinajstić information content (AvgIpc) is 3.23. The Balaban J connectivity index is 1.69. The minimum absolute atomic E-state index is 0.0340. The maximum atomic E-state index is 13.5. The van der Waals surface area contributed by atoms with E-state index in [4.69, 9.17) is 25.5 Å². The molecule has 2 bridgehead atoms. The van der Waals surface area contributed by atoms with Crippen molar-refractivity contribution in [3.8, 4) is 0 Å². The van der Waals surface area contributed by atoms with Crippen molar-refractivity contribution >= 4 is 26.0 Å². The normalized spacial score (nSPS) is 24.3. The van der Waals surface area contributed by atoms with Crippen LogP contribution < -0.4 is 0 Å². The fourth-order valence-corrected chi connectivity index (χ4v) is 5.91. The molecule has 2 aliphatic heterocycles. The van der Waals surface area contributed by atoms with E-state index < -0.39 is 14.6 Å². The molecule has 186 valence electrons. The Kier molecular flexibility index (Phi) is 7.65. The Bertz CT molecular complexity index is 820. The van der Waals surface area contributed by atoms with E-state index in [9.17, 15) is 4.79 Å². The number of hydrogen-bond acceptors (Lipinski definition) is 4. The zero-order valence-corrected chi connectivity index (χ0v) is 23.4. The Morgan fingerprint density at radius 2 is 1.70 bits per heavy atom. The van der Waals surface area contributed by atoms with Crippen LogP contribution in [0.3, 0.4) is 0 Å². The second kappa shape index (κ2) is 9.52. The molecule has 2 fully saturated rings. The van der Waals surface area contributed by atoms with Gasteiger partial charge in [-0.1, -0.05) is 65.3 Å². The van der Waals surface area contributed by atoms with Crippen LogP contribution in [0.5, 0.6) is 0 Å². The monoisotopic (exact) mass is 495 g/mol. The van der Waals surface area contributed by atoms with Gasteiger partial charge in [0.15, 0.2) is 8.32 Å². The lowest BCUT2D eigenvalue weighted by Gasteiger charge is -2.43. The van der Waals surface area contributed by atoms with Crippen LogP contribution in [-0.2, 0) is 20.5 Å². The van der Waals surface area contributed by atoms with Gasteiger partial charge < -0.3 is 13.9 Å². The van der Waals surface area contributed by atoms with Gasteiger partial charge in [-0.25, -0.2) is 4.79 Å². The number of benzene rings is 1. The molecule has 2 heterocycles. The number of ether oxygens (including phenoxy) is 2. The summed E-state index contributed by atoms with van der Waals surface area (Å²) in [5.74, 6) is 0. The second-order valence-electron chi connectivity index (χ2n) is 12.4. The molecule has 5 nitrogen and oxygen atoms in total. The minimum atomic E-state index is -2.11. The van der Waals surface area contributed by atoms with Crippen molar-refractivity contribution < 1.29 is 18.7 Å². The summed E-state index contributed by atoms with van der Waals surface area (Å²) in [5, 5.41) is 0.751. The molecule has 0 aliphatic carbocycles. The summed E-state index contributed by atoms with van der Waals surface area (Å²) in [5.41, 5.74) is 0.475. The highest BCUT2D eigenvalue weighted by Crippen LogP contribution is 2.48. The number of carbonyl (C=O) groups is 1. The highest BCUT2D eigenvalue weighted by molar-refractivity contribution is 6.74.